The van der Waals surface area contributed by atoms with Crippen molar-refractivity contribution in [2.75, 3.05) is 31.1 Å². The molecule has 1 saturated heterocycles. The van der Waals surface area contributed by atoms with Crippen LogP contribution in [0.15, 0.2) is 53.6 Å². The number of piperazine rings is 1. The monoisotopic (exact) mass is 387 g/mol. The van der Waals surface area contributed by atoms with Gasteiger partial charge in [-0.25, -0.2) is 4.98 Å². The molecule has 0 aliphatic carbocycles. The van der Waals surface area contributed by atoms with Crippen LogP contribution < -0.4 is 10.5 Å². The van der Waals surface area contributed by atoms with E-state index in [9.17, 15) is 4.79 Å². The van der Waals surface area contributed by atoms with Gasteiger partial charge in [0.05, 0.1) is 28.9 Å². The molecule has 6 heteroatoms. The van der Waals surface area contributed by atoms with Crippen LogP contribution in [0.2, 0.25) is 0 Å². The lowest BCUT2D eigenvalue weighted by Crippen LogP contribution is -2.46. The zero-order chi connectivity index (χ0) is 20.4. The van der Waals surface area contributed by atoms with E-state index in [2.05, 4.69) is 20.9 Å². The topological polar surface area (TPSA) is 65.2 Å². The molecule has 2 aromatic carbocycles. The van der Waals surface area contributed by atoms with Crippen LogP contribution in [-0.2, 0) is 6.54 Å². The fourth-order valence-electron chi connectivity index (χ4n) is 3.80. The van der Waals surface area contributed by atoms with Crippen LogP contribution in [0.5, 0.6) is 0 Å². The largest absolute Gasteiger partial charge is 0.369 e. The smallest absolute Gasteiger partial charge is 0.261 e. The molecule has 0 atom stereocenters. The average Bonchev–Trinajstić information content (AvgIpc) is 2.74. The van der Waals surface area contributed by atoms with E-state index in [-0.39, 0.29) is 11.6 Å². The normalized spacial score (nSPS) is 15.0. The van der Waals surface area contributed by atoms with Crippen molar-refractivity contribution in [3.8, 4) is 6.07 Å². The van der Waals surface area contributed by atoms with E-state index < -0.39 is 0 Å². The van der Waals surface area contributed by atoms with E-state index in [0.29, 0.717) is 10.9 Å². The molecule has 6 nitrogen and oxygen atoms in total. The number of benzene rings is 2. The van der Waals surface area contributed by atoms with Crippen molar-refractivity contribution in [1.82, 2.24) is 14.5 Å². The quantitative estimate of drug-likeness (QED) is 0.688. The lowest BCUT2D eigenvalue weighted by atomic mass is 10.1. The van der Waals surface area contributed by atoms with Crippen molar-refractivity contribution in [1.29, 1.82) is 5.26 Å². The Morgan fingerprint density at radius 3 is 2.45 bits per heavy atom. The molecule has 29 heavy (non-hydrogen) atoms. The Bertz CT molecular complexity index is 1100. The first-order valence-corrected chi connectivity index (χ1v) is 10.0. The van der Waals surface area contributed by atoms with Crippen molar-refractivity contribution >= 4 is 16.6 Å². The molecule has 2 heterocycles. The maximum Gasteiger partial charge on any atom is 0.261 e. The number of fused-ring (bicyclic) bond motifs is 1. The van der Waals surface area contributed by atoms with Gasteiger partial charge in [-0.05, 0) is 49.7 Å². The third-order valence-electron chi connectivity index (χ3n) is 5.55. The van der Waals surface area contributed by atoms with E-state index in [1.807, 2.05) is 56.3 Å². The van der Waals surface area contributed by atoms with Gasteiger partial charge in [0.2, 0.25) is 0 Å². The van der Waals surface area contributed by atoms with Crippen LogP contribution in [0, 0.1) is 11.3 Å². The second kappa shape index (κ2) is 8.06. The Morgan fingerprint density at radius 2 is 1.79 bits per heavy atom. The SMILES string of the molecule is CC(C)n1cnc2cc(N3CCN(Cc4ccc(C#N)cc4)CC3)ccc2c1=O. The number of rotatable bonds is 4. The Balaban J connectivity index is 1.44. The van der Waals surface area contributed by atoms with Crippen molar-refractivity contribution in [3.63, 3.8) is 0 Å². The van der Waals surface area contributed by atoms with Crippen LogP contribution in [0.25, 0.3) is 10.9 Å². The van der Waals surface area contributed by atoms with E-state index in [1.54, 1.807) is 10.9 Å². The van der Waals surface area contributed by atoms with Crippen LogP contribution in [-0.4, -0.2) is 40.6 Å². The first-order chi connectivity index (χ1) is 14.0. The van der Waals surface area contributed by atoms with Gasteiger partial charge in [-0.3, -0.25) is 14.3 Å². The molecule has 0 saturated carbocycles. The summed E-state index contributed by atoms with van der Waals surface area (Å²) in [6.45, 7) is 8.69. The first-order valence-electron chi connectivity index (χ1n) is 10.0. The minimum Gasteiger partial charge on any atom is -0.369 e. The molecule has 1 aromatic heterocycles. The third kappa shape index (κ3) is 4.01. The highest BCUT2D eigenvalue weighted by Crippen LogP contribution is 2.21. The third-order valence-corrected chi connectivity index (χ3v) is 5.55. The van der Waals surface area contributed by atoms with Crippen LogP contribution in [0.1, 0.15) is 31.0 Å². The second-order valence-electron chi connectivity index (χ2n) is 7.82. The predicted octanol–water partition coefficient (Wildman–Crippen LogP) is 3.17. The van der Waals surface area contributed by atoms with Crippen molar-refractivity contribution in [2.24, 2.45) is 0 Å². The molecule has 1 aliphatic heterocycles. The summed E-state index contributed by atoms with van der Waals surface area (Å²) < 4.78 is 1.67. The van der Waals surface area contributed by atoms with Gasteiger partial charge >= 0.3 is 0 Å². The van der Waals surface area contributed by atoms with E-state index in [1.165, 1.54) is 5.56 Å². The van der Waals surface area contributed by atoms with Crippen LogP contribution >= 0.6 is 0 Å². The summed E-state index contributed by atoms with van der Waals surface area (Å²) in [5.41, 5.74) is 3.82. The van der Waals surface area contributed by atoms with Gasteiger partial charge in [-0.1, -0.05) is 12.1 Å². The summed E-state index contributed by atoms with van der Waals surface area (Å²) in [7, 11) is 0. The molecule has 148 valence electrons. The number of nitriles is 1. The van der Waals surface area contributed by atoms with Crippen LogP contribution in [0.4, 0.5) is 5.69 Å². The summed E-state index contributed by atoms with van der Waals surface area (Å²) >= 11 is 0. The Morgan fingerprint density at radius 1 is 1.07 bits per heavy atom. The second-order valence-corrected chi connectivity index (χ2v) is 7.82. The van der Waals surface area contributed by atoms with Gasteiger partial charge in [0.1, 0.15) is 0 Å². The maximum absolute atomic E-state index is 12.6. The van der Waals surface area contributed by atoms with Gasteiger partial charge in [0, 0.05) is 44.5 Å². The molecule has 4 rings (SSSR count). The average molecular weight is 387 g/mol. The zero-order valence-corrected chi connectivity index (χ0v) is 16.9. The molecule has 0 amide bonds. The van der Waals surface area contributed by atoms with Crippen molar-refractivity contribution < 1.29 is 0 Å². The molecule has 0 unspecified atom stereocenters. The highest BCUT2D eigenvalue weighted by molar-refractivity contribution is 5.81. The number of anilines is 1. The summed E-state index contributed by atoms with van der Waals surface area (Å²) in [6, 6.07) is 16.0. The summed E-state index contributed by atoms with van der Waals surface area (Å²) in [5.74, 6) is 0. The molecule has 0 radical (unpaired) electrons. The highest BCUT2D eigenvalue weighted by atomic mass is 16.1. The Hall–Kier alpha value is -3.17. The summed E-state index contributed by atoms with van der Waals surface area (Å²) in [6.07, 6.45) is 1.65. The lowest BCUT2D eigenvalue weighted by molar-refractivity contribution is 0.250. The molecule has 0 bridgehead atoms. The number of hydrogen-bond donors (Lipinski definition) is 0. The van der Waals surface area contributed by atoms with Gasteiger partial charge in [-0.15, -0.1) is 0 Å². The first kappa shape index (κ1) is 19.2. The lowest BCUT2D eigenvalue weighted by Gasteiger charge is -2.36. The van der Waals surface area contributed by atoms with E-state index in [0.717, 1.165) is 43.9 Å². The molecular weight excluding hydrogens is 362 g/mol. The van der Waals surface area contributed by atoms with Gasteiger partial charge in [-0.2, -0.15) is 5.26 Å². The highest BCUT2D eigenvalue weighted by Gasteiger charge is 2.18. The molecule has 1 aliphatic rings. The summed E-state index contributed by atoms with van der Waals surface area (Å²) in [5, 5.41) is 9.59. The van der Waals surface area contributed by atoms with Gasteiger partial charge in [0.15, 0.2) is 0 Å². The van der Waals surface area contributed by atoms with E-state index in [4.69, 9.17) is 5.26 Å². The number of aromatic nitrogens is 2. The van der Waals surface area contributed by atoms with Gasteiger partial charge < -0.3 is 4.90 Å². The standard InChI is InChI=1S/C23H25N5O/c1-17(2)28-16-25-22-13-20(7-8-21(22)23(28)29)27-11-9-26(10-12-27)15-19-5-3-18(14-24)4-6-19/h3-8,13,16-17H,9-12,15H2,1-2H3. The Labute approximate surface area is 170 Å². The molecule has 1 fully saturated rings. The van der Waals surface area contributed by atoms with Crippen molar-refractivity contribution in [3.05, 3.63) is 70.3 Å². The summed E-state index contributed by atoms with van der Waals surface area (Å²) in [4.78, 5) is 21.9. The van der Waals surface area contributed by atoms with Crippen molar-refractivity contribution in [2.45, 2.75) is 26.4 Å². The van der Waals surface area contributed by atoms with E-state index >= 15 is 0 Å². The van der Waals surface area contributed by atoms with Gasteiger partial charge in [0.25, 0.3) is 5.56 Å². The fourth-order valence-corrected chi connectivity index (χ4v) is 3.80. The predicted molar refractivity (Wildman–Crippen MR) is 115 cm³/mol. The minimum atomic E-state index is 0.0174. The van der Waals surface area contributed by atoms with Crippen LogP contribution in [0.3, 0.4) is 0 Å². The molecule has 0 spiro atoms. The minimum absolute atomic E-state index is 0.0174. The Kier molecular flexibility index (Phi) is 5.32. The maximum atomic E-state index is 12.6. The number of hydrogen-bond acceptors (Lipinski definition) is 5. The zero-order valence-electron chi connectivity index (χ0n) is 16.9. The molecule has 3 aromatic rings. The fraction of sp³-hybridized carbons (Fsp3) is 0.348. The number of nitrogens with zero attached hydrogens (tertiary/aromatic N) is 5. The molecule has 0 N–H and O–H groups in total. The molecular formula is C23H25N5O.